The van der Waals surface area contributed by atoms with E-state index in [4.69, 9.17) is 10.9 Å². The molecule has 0 aliphatic rings. The summed E-state index contributed by atoms with van der Waals surface area (Å²) in [5.74, 6) is -0.705. The predicted octanol–water partition coefficient (Wildman–Crippen LogP) is 1.52. The van der Waals surface area contributed by atoms with Gasteiger partial charge in [0.2, 0.25) is 0 Å². The van der Waals surface area contributed by atoms with Gasteiger partial charge in [0.05, 0.1) is 12.1 Å². The van der Waals surface area contributed by atoms with E-state index in [1.54, 1.807) is 0 Å². The number of benzene rings is 1. The van der Waals surface area contributed by atoms with E-state index in [1.165, 1.54) is 7.05 Å². The number of alkyl halides is 3. The number of amidine groups is 1. The quantitative estimate of drug-likeness (QED) is 0.380. The van der Waals surface area contributed by atoms with E-state index in [0.717, 1.165) is 29.2 Å². The standard InChI is InChI=1S/C11H12F3N3O2/c1-17(6-9(15)16-19)10(18)7-2-4-8(5-3-7)11(12,13)14/h2-5,19H,6H2,1H3,(H2,15,16). The minimum absolute atomic E-state index is 0.0845. The second-order valence-electron chi connectivity index (χ2n) is 3.83. The largest absolute Gasteiger partial charge is 0.416 e. The minimum Gasteiger partial charge on any atom is -0.409 e. The Morgan fingerprint density at radius 2 is 1.89 bits per heavy atom. The lowest BCUT2D eigenvalue weighted by atomic mass is 10.1. The lowest BCUT2D eigenvalue weighted by molar-refractivity contribution is -0.137. The third-order valence-corrected chi connectivity index (χ3v) is 2.33. The van der Waals surface area contributed by atoms with Gasteiger partial charge >= 0.3 is 6.18 Å². The van der Waals surface area contributed by atoms with Crippen molar-refractivity contribution in [1.82, 2.24) is 4.90 Å². The first-order valence-electron chi connectivity index (χ1n) is 5.15. The van der Waals surface area contributed by atoms with E-state index in [9.17, 15) is 18.0 Å². The van der Waals surface area contributed by atoms with Crippen molar-refractivity contribution in [2.45, 2.75) is 6.18 Å². The van der Waals surface area contributed by atoms with Crippen LogP contribution in [0.4, 0.5) is 13.2 Å². The molecule has 0 heterocycles. The van der Waals surface area contributed by atoms with Crippen LogP contribution in [0, 0.1) is 0 Å². The van der Waals surface area contributed by atoms with Gasteiger partial charge in [-0.05, 0) is 24.3 Å². The molecule has 8 heteroatoms. The summed E-state index contributed by atoms with van der Waals surface area (Å²) in [5, 5.41) is 11.1. The van der Waals surface area contributed by atoms with Crippen molar-refractivity contribution in [3.05, 3.63) is 35.4 Å². The van der Waals surface area contributed by atoms with Crippen LogP contribution in [0.5, 0.6) is 0 Å². The molecule has 1 aromatic rings. The van der Waals surface area contributed by atoms with Crippen molar-refractivity contribution in [3.8, 4) is 0 Å². The van der Waals surface area contributed by atoms with Crippen molar-refractivity contribution in [1.29, 1.82) is 0 Å². The average molecular weight is 275 g/mol. The number of oxime groups is 1. The van der Waals surface area contributed by atoms with Gasteiger partial charge in [-0.2, -0.15) is 13.2 Å². The Kier molecular flexibility index (Phi) is 4.36. The van der Waals surface area contributed by atoms with Crippen LogP contribution >= 0.6 is 0 Å². The molecule has 0 aliphatic heterocycles. The Morgan fingerprint density at radius 3 is 2.32 bits per heavy atom. The van der Waals surface area contributed by atoms with Gasteiger partial charge in [0.1, 0.15) is 0 Å². The van der Waals surface area contributed by atoms with Crippen LogP contribution in [0.25, 0.3) is 0 Å². The van der Waals surface area contributed by atoms with E-state index in [0.29, 0.717) is 0 Å². The summed E-state index contributed by atoms with van der Waals surface area (Å²) in [7, 11) is 1.39. The van der Waals surface area contributed by atoms with Crippen LogP contribution in [-0.4, -0.2) is 35.4 Å². The van der Waals surface area contributed by atoms with Crippen LogP contribution in [0.1, 0.15) is 15.9 Å². The van der Waals surface area contributed by atoms with Crippen LogP contribution in [0.15, 0.2) is 29.4 Å². The van der Waals surface area contributed by atoms with E-state index in [1.807, 2.05) is 0 Å². The zero-order valence-corrected chi connectivity index (χ0v) is 9.98. The molecule has 1 rings (SSSR count). The number of nitrogens with zero attached hydrogens (tertiary/aromatic N) is 2. The molecule has 0 aliphatic carbocycles. The van der Waals surface area contributed by atoms with E-state index in [-0.39, 0.29) is 17.9 Å². The first-order valence-corrected chi connectivity index (χ1v) is 5.15. The Hall–Kier alpha value is -2.25. The molecule has 0 fully saturated rings. The molecule has 0 unspecified atom stereocenters. The fourth-order valence-corrected chi connectivity index (χ4v) is 1.37. The Balaban J connectivity index is 2.84. The fraction of sp³-hybridized carbons (Fsp3) is 0.273. The topological polar surface area (TPSA) is 78.9 Å². The highest BCUT2D eigenvalue weighted by Gasteiger charge is 2.30. The average Bonchev–Trinajstić information content (AvgIpc) is 2.36. The highest BCUT2D eigenvalue weighted by Crippen LogP contribution is 2.29. The highest BCUT2D eigenvalue weighted by molar-refractivity contribution is 5.96. The lowest BCUT2D eigenvalue weighted by Crippen LogP contribution is -2.35. The van der Waals surface area contributed by atoms with Crippen LogP contribution < -0.4 is 5.73 Å². The Labute approximate surface area is 107 Å². The third kappa shape index (κ3) is 3.87. The Bertz CT molecular complexity index is 483. The van der Waals surface area contributed by atoms with Crippen LogP contribution in [0.2, 0.25) is 0 Å². The zero-order valence-electron chi connectivity index (χ0n) is 9.98. The summed E-state index contributed by atoms with van der Waals surface area (Å²) in [5.41, 5.74) is 4.48. The smallest absolute Gasteiger partial charge is 0.409 e. The van der Waals surface area contributed by atoms with Gasteiger partial charge in [0.15, 0.2) is 5.84 Å². The highest BCUT2D eigenvalue weighted by atomic mass is 19.4. The van der Waals surface area contributed by atoms with Gasteiger partial charge < -0.3 is 15.8 Å². The predicted molar refractivity (Wildman–Crippen MR) is 61.8 cm³/mol. The van der Waals surface area contributed by atoms with E-state index < -0.39 is 17.6 Å². The molecule has 0 spiro atoms. The van der Waals surface area contributed by atoms with E-state index >= 15 is 0 Å². The molecule has 0 saturated carbocycles. The molecule has 1 amide bonds. The number of halogens is 3. The van der Waals surface area contributed by atoms with Crippen molar-refractivity contribution in [2.75, 3.05) is 13.6 Å². The van der Waals surface area contributed by atoms with Crippen molar-refractivity contribution < 1.29 is 23.2 Å². The number of likely N-dealkylation sites (N-methyl/N-ethyl adjacent to an activating group) is 1. The molecule has 0 atom stereocenters. The fourth-order valence-electron chi connectivity index (χ4n) is 1.37. The number of carbonyl (C=O) groups is 1. The van der Waals surface area contributed by atoms with E-state index in [2.05, 4.69) is 5.16 Å². The molecule has 0 aromatic heterocycles. The maximum Gasteiger partial charge on any atom is 0.416 e. The molecule has 0 radical (unpaired) electrons. The molecule has 0 bridgehead atoms. The molecular formula is C11H12F3N3O2. The minimum atomic E-state index is -4.44. The van der Waals surface area contributed by atoms with Crippen molar-refractivity contribution >= 4 is 11.7 Å². The number of hydrogen-bond acceptors (Lipinski definition) is 3. The maximum absolute atomic E-state index is 12.3. The summed E-state index contributed by atoms with van der Waals surface area (Å²) in [6.45, 7) is -0.129. The zero-order chi connectivity index (χ0) is 14.6. The van der Waals surface area contributed by atoms with Gasteiger partial charge in [0, 0.05) is 12.6 Å². The second kappa shape index (κ2) is 5.59. The van der Waals surface area contributed by atoms with Crippen LogP contribution in [0.3, 0.4) is 0 Å². The Morgan fingerprint density at radius 1 is 1.37 bits per heavy atom. The van der Waals surface area contributed by atoms with Gasteiger partial charge in [0.25, 0.3) is 5.91 Å². The summed E-state index contributed by atoms with van der Waals surface area (Å²) >= 11 is 0. The van der Waals surface area contributed by atoms with Gasteiger partial charge in [-0.3, -0.25) is 4.79 Å². The molecule has 3 N–H and O–H groups in total. The van der Waals surface area contributed by atoms with Gasteiger partial charge in [-0.1, -0.05) is 5.16 Å². The number of amides is 1. The number of nitrogens with two attached hydrogens (primary N) is 1. The lowest BCUT2D eigenvalue weighted by Gasteiger charge is -2.16. The molecule has 19 heavy (non-hydrogen) atoms. The molecule has 1 aromatic carbocycles. The third-order valence-electron chi connectivity index (χ3n) is 2.33. The second-order valence-corrected chi connectivity index (χ2v) is 3.83. The van der Waals surface area contributed by atoms with Gasteiger partial charge in [-0.15, -0.1) is 0 Å². The summed E-state index contributed by atoms with van der Waals surface area (Å²) in [4.78, 5) is 12.9. The van der Waals surface area contributed by atoms with Crippen LogP contribution in [-0.2, 0) is 6.18 Å². The number of hydrogen-bond donors (Lipinski definition) is 2. The monoisotopic (exact) mass is 275 g/mol. The van der Waals surface area contributed by atoms with Crippen molar-refractivity contribution in [2.24, 2.45) is 10.9 Å². The molecule has 104 valence electrons. The van der Waals surface area contributed by atoms with Crippen molar-refractivity contribution in [3.63, 3.8) is 0 Å². The number of rotatable bonds is 3. The van der Waals surface area contributed by atoms with Gasteiger partial charge in [-0.25, -0.2) is 0 Å². The molecule has 5 nitrogen and oxygen atoms in total. The SMILES string of the molecule is CN(CC(N)=NO)C(=O)c1ccc(C(F)(F)F)cc1. The number of carbonyl (C=O) groups excluding carboxylic acids is 1. The summed E-state index contributed by atoms with van der Waals surface area (Å²) in [6, 6.07) is 3.80. The molecular weight excluding hydrogens is 263 g/mol. The first-order chi connectivity index (χ1) is 8.75. The summed E-state index contributed by atoms with van der Waals surface area (Å²) in [6.07, 6.45) is -4.44. The first kappa shape index (κ1) is 14.8. The normalized spacial score (nSPS) is 12.3. The summed E-state index contributed by atoms with van der Waals surface area (Å²) < 4.78 is 37.0. The molecule has 0 saturated heterocycles. The maximum atomic E-state index is 12.3.